The predicted octanol–water partition coefficient (Wildman–Crippen LogP) is 3.39. The molecule has 0 amide bonds. The minimum absolute atomic E-state index is 0.0202. The fourth-order valence-electron chi connectivity index (χ4n) is 3.53. The monoisotopic (exact) mass is 361 g/mol. The van der Waals surface area contributed by atoms with Gasteiger partial charge in [0.2, 0.25) is 0 Å². The number of H-pyrrole nitrogens is 1. The molecule has 0 saturated heterocycles. The fourth-order valence-corrected chi connectivity index (χ4v) is 3.53. The number of nitrogens with one attached hydrogen (secondary N) is 1. The van der Waals surface area contributed by atoms with E-state index >= 15 is 0 Å². The lowest BCUT2D eigenvalue weighted by molar-refractivity contribution is 0.234. The van der Waals surface area contributed by atoms with Crippen LogP contribution in [0.3, 0.4) is 0 Å². The van der Waals surface area contributed by atoms with E-state index in [1.807, 2.05) is 55.5 Å². The molecule has 0 fully saturated rings. The number of aromatic nitrogens is 2. The highest BCUT2D eigenvalue weighted by atomic mass is 16.5. The van der Waals surface area contributed by atoms with E-state index in [2.05, 4.69) is 16.0 Å². The first-order chi connectivity index (χ1) is 13.2. The Morgan fingerprint density at radius 3 is 2.70 bits per heavy atom. The van der Waals surface area contributed by atoms with Crippen molar-refractivity contribution in [3.63, 3.8) is 0 Å². The Balaban J connectivity index is 1.59. The number of hydrogen-bond donors (Lipinski definition) is 1. The Morgan fingerprint density at radius 2 is 1.89 bits per heavy atom. The van der Waals surface area contributed by atoms with Gasteiger partial charge < -0.3 is 9.72 Å². The molecule has 2 heterocycles. The van der Waals surface area contributed by atoms with Crippen LogP contribution in [0.25, 0.3) is 11.4 Å². The molecule has 0 unspecified atom stereocenters. The molecule has 4 rings (SSSR count). The summed E-state index contributed by atoms with van der Waals surface area (Å²) in [7, 11) is 0. The second-order valence-corrected chi connectivity index (χ2v) is 6.71. The van der Waals surface area contributed by atoms with E-state index in [1.165, 1.54) is 0 Å². The molecule has 1 N–H and O–H groups in total. The molecule has 3 aromatic rings. The van der Waals surface area contributed by atoms with E-state index in [0.29, 0.717) is 25.4 Å². The van der Waals surface area contributed by atoms with Crippen molar-refractivity contribution in [2.45, 2.75) is 26.4 Å². The molecule has 1 aliphatic rings. The number of aromatic amines is 1. The minimum Gasteiger partial charge on any atom is -0.494 e. The number of fused-ring (bicyclic) bond motifs is 1. The second-order valence-electron chi connectivity index (χ2n) is 6.71. The van der Waals surface area contributed by atoms with Gasteiger partial charge in [-0.1, -0.05) is 48.5 Å². The summed E-state index contributed by atoms with van der Waals surface area (Å²) >= 11 is 0. The van der Waals surface area contributed by atoms with Gasteiger partial charge in [-0.05, 0) is 19.4 Å². The maximum atomic E-state index is 12.5. The molecule has 0 spiro atoms. The quantitative estimate of drug-likeness (QED) is 0.757. The third-order valence-electron chi connectivity index (χ3n) is 4.87. The van der Waals surface area contributed by atoms with Crippen LogP contribution in [0.4, 0.5) is 0 Å². The molecule has 1 aromatic heterocycles. The van der Waals surface area contributed by atoms with Gasteiger partial charge in [0.25, 0.3) is 5.56 Å². The number of nitrogens with zero attached hydrogens (tertiary/aromatic N) is 2. The lowest BCUT2D eigenvalue weighted by Gasteiger charge is -2.28. The zero-order valence-corrected chi connectivity index (χ0v) is 15.4. The Morgan fingerprint density at radius 1 is 1.11 bits per heavy atom. The van der Waals surface area contributed by atoms with E-state index in [9.17, 15) is 4.79 Å². The van der Waals surface area contributed by atoms with Crippen LogP contribution in [0.15, 0.2) is 59.4 Å². The molecule has 0 radical (unpaired) electrons. The fraction of sp³-hybridized carbons (Fsp3) is 0.273. The van der Waals surface area contributed by atoms with Crippen molar-refractivity contribution < 1.29 is 4.74 Å². The first-order valence-corrected chi connectivity index (χ1v) is 9.35. The van der Waals surface area contributed by atoms with Gasteiger partial charge >= 0.3 is 0 Å². The first-order valence-electron chi connectivity index (χ1n) is 9.35. The van der Waals surface area contributed by atoms with Crippen molar-refractivity contribution in [3.8, 4) is 17.1 Å². The summed E-state index contributed by atoms with van der Waals surface area (Å²) in [6, 6.07) is 17.9. The number of hydrogen-bond acceptors (Lipinski definition) is 4. The molecule has 0 aliphatic carbocycles. The summed E-state index contributed by atoms with van der Waals surface area (Å²) in [6.45, 7) is 4.93. The lowest BCUT2D eigenvalue weighted by atomic mass is 10.0. The zero-order valence-electron chi connectivity index (χ0n) is 15.4. The molecule has 138 valence electrons. The SMILES string of the molecule is CCOc1ccccc1CN1CCc2c(nc(-c3ccccc3)[nH]c2=O)C1. The van der Waals surface area contributed by atoms with Crippen LogP contribution in [0.1, 0.15) is 23.7 Å². The highest BCUT2D eigenvalue weighted by molar-refractivity contribution is 5.54. The van der Waals surface area contributed by atoms with Gasteiger partial charge in [0.1, 0.15) is 11.6 Å². The van der Waals surface area contributed by atoms with Crippen LogP contribution in [0.2, 0.25) is 0 Å². The largest absolute Gasteiger partial charge is 0.494 e. The van der Waals surface area contributed by atoms with Gasteiger partial charge in [-0.25, -0.2) is 4.98 Å². The smallest absolute Gasteiger partial charge is 0.254 e. The Labute approximate surface area is 158 Å². The summed E-state index contributed by atoms with van der Waals surface area (Å²) in [5, 5.41) is 0. The van der Waals surface area contributed by atoms with Gasteiger partial charge in [0.15, 0.2) is 0 Å². The van der Waals surface area contributed by atoms with Gasteiger partial charge in [-0.15, -0.1) is 0 Å². The van der Waals surface area contributed by atoms with Crippen LogP contribution in [-0.2, 0) is 19.5 Å². The third-order valence-corrected chi connectivity index (χ3v) is 4.87. The molecule has 2 aromatic carbocycles. The first kappa shape index (κ1) is 17.5. The van der Waals surface area contributed by atoms with E-state index in [-0.39, 0.29) is 5.56 Å². The number of para-hydroxylation sites is 1. The standard InChI is InChI=1S/C22H23N3O2/c1-2-27-20-11-7-6-10-17(20)14-25-13-12-18-19(15-25)23-21(24-22(18)26)16-8-4-3-5-9-16/h3-11H,2,12-15H2,1H3,(H,23,24,26). The molecule has 0 atom stereocenters. The van der Waals surface area contributed by atoms with Gasteiger partial charge in [0, 0.05) is 36.3 Å². The van der Waals surface area contributed by atoms with Crippen molar-refractivity contribution in [1.82, 2.24) is 14.9 Å². The highest BCUT2D eigenvalue weighted by Crippen LogP contribution is 2.24. The Hall–Kier alpha value is -2.92. The topological polar surface area (TPSA) is 58.2 Å². The van der Waals surface area contributed by atoms with Crippen LogP contribution < -0.4 is 10.3 Å². The van der Waals surface area contributed by atoms with Crippen molar-refractivity contribution in [3.05, 3.63) is 81.8 Å². The van der Waals surface area contributed by atoms with Crippen molar-refractivity contribution >= 4 is 0 Å². The van der Waals surface area contributed by atoms with E-state index in [1.54, 1.807) is 0 Å². The second kappa shape index (κ2) is 7.76. The molecular formula is C22H23N3O2. The number of rotatable bonds is 5. The van der Waals surface area contributed by atoms with Crippen molar-refractivity contribution in [2.75, 3.05) is 13.2 Å². The molecule has 0 bridgehead atoms. The third kappa shape index (κ3) is 3.78. The van der Waals surface area contributed by atoms with Crippen LogP contribution in [0.5, 0.6) is 5.75 Å². The molecule has 0 saturated carbocycles. The van der Waals surface area contributed by atoms with E-state index in [0.717, 1.165) is 41.2 Å². The normalized spacial score (nSPS) is 14.0. The molecule has 27 heavy (non-hydrogen) atoms. The van der Waals surface area contributed by atoms with Crippen LogP contribution in [-0.4, -0.2) is 28.0 Å². The molecule has 1 aliphatic heterocycles. The number of benzene rings is 2. The zero-order chi connectivity index (χ0) is 18.6. The van der Waals surface area contributed by atoms with Crippen LogP contribution >= 0.6 is 0 Å². The summed E-state index contributed by atoms with van der Waals surface area (Å²) in [5.74, 6) is 1.56. The molecule has 5 heteroatoms. The summed E-state index contributed by atoms with van der Waals surface area (Å²) in [4.78, 5) is 22.6. The van der Waals surface area contributed by atoms with E-state index < -0.39 is 0 Å². The molecular weight excluding hydrogens is 338 g/mol. The number of ether oxygens (including phenoxy) is 1. The van der Waals surface area contributed by atoms with Crippen molar-refractivity contribution in [2.24, 2.45) is 0 Å². The maximum Gasteiger partial charge on any atom is 0.254 e. The van der Waals surface area contributed by atoms with Crippen LogP contribution in [0, 0.1) is 0 Å². The minimum atomic E-state index is -0.0202. The van der Waals surface area contributed by atoms with Gasteiger partial charge in [-0.3, -0.25) is 9.69 Å². The van der Waals surface area contributed by atoms with Gasteiger partial charge in [0.05, 0.1) is 12.3 Å². The average Bonchev–Trinajstić information content (AvgIpc) is 2.70. The lowest BCUT2D eigenvalue weighted by Crippen LogP contribution is -2.35. The Bertz CT molecular complexity index is 982. The van der Waals surface area contributed by atoms with Crippen molar-refractivity contribution in [1.29, 1.82) is 0 Å². The summed E-state index contributed by atoms with van der Waals surface area (Å²) < 4.78 is 5.75. The Kier molecular flexibility index (Phi) is 5.03. The molecule has 5 nitrogen and oxygen atoms in total. The van der Waals surface area contributed by atoms with Gasteiger partial charge in [-0.2, -0.15) is 0 Å². The van der Waals surface area contributed by atoms with E-state index in [4.69, 9.17) is 9.72 Å². The predicted molar refractivity (Wildman–Crippen MR) is 106 cm³/mol. The average molecular weight is 361 g/mol. The summed E-state index contributed by atoms with van der Waals surface area (Å²) in [6.07, 6.45) is 0.712. The summed E-state index contributed by atoms with van der Waals surface area (Å²) in [5.41, 5.74) is 3.75. The highest BCUT2D eigenvalue weighted by Gasteiger charge is 2.22. The maximum absolute atomic E-state index is 12.5.